The van der Waals surface area contributed by atoms with Gasteiger partial charge in [0.2, 0.25) is 0 Å². The third kappa shape index (κ3) is 4.59. The van der Waals surface area contributed by atoms with Crippen LogP contribution in [0.5, 0.6) is 0 Å². The molecule has 11 heteroatoms. The van der Waals surface area contributed by atoms with Crippen LogP contribution in [-0.2, 0) is 10.4 Å². The van der Waals surface area contributed by atoms with Crippen molar-refractivity contribution < 1.29 is 22.8 Å². The zero-order valence-electron chi connectivity index (χ0n) is 18.3. The smallest absolute Gasteiger partial charge is 0.374 e. The number of benzene rings is 2. The van der Waals surface area contributed by atoms with E-state index in [2.05, 4.69) is 15.5 Å². The largest absolute Gasteiger partial charge is 0.435 e. The van der Waals surface area contributed by atoms with Crippen molar-refractivity contribution in [1.82, 2.24) is 10.2 Å². The molecule has 1 N–H and O–H groups in total. The molecule has 0 saturated heterocycles. The van der Waals surface area contributed by atoms with Gasteiger partial charge in [0.15, 0.2) is 0 Å². The third-order valence-electron chi connectivity index (χ3n) is 5.90. The lowest BCUT2D eigenvalue weighted by Gasteiger charge is -2.29. The lowest BCUT2D eigenvalue weighted by molar-refractivity contribution is -0.275. The van der Waals surface area contributed by atoms with E-state index >= 15 is 0 Å². The molecule has 2 aromatic carbocycles. The first-order valence-corrected chi connectivity index (χ1v) is 11.2. The zero-order valence-corrected chi connectivity index (χ0v) is 19.9. The van der Waals surface area contributed by atoms with Crippen molar-refractivity contribution in [2.75, 3.05) is 26.7 Å². The fraction of sp³-hybridized carbons (Fsp3) is 0.348. The summed E-state index contributed by atoms with van der Waals surface area (Å²) in [6.45, 7) is 3.51. The van der Waals surface area contributed by atoms with Crippen LogP contribution in [-0.4, -0.2) is 55.2 Å². The average Bonchev–Trinajstić information content (AvgIpc) is 3.38. The minimum Gasteiger partial charge on any atom is -0.374 e. The van der Waals surface area contributed by atoms with E-state index in [0.717, 1.165) is 12.4 Å². The van der Waals surface area contributed by atoms with Crippen LogP contribution in [0.3, 0.4) is 0 Å². The molecule has 0 aromatic heterocycles. The lowest BCUT2D eigenvalue weighted by atomic mass is 9.86. The van der Waals surface area contributed by atoms with Gasteiger partial charge in [0.1, 0.15) is 5.84 Å². The number of hydrogen-bond acceptors (Lipinski definition) is 5. The van der Waals surface area contributed by atoms with Crippen LogP contribution in [0, 0.1) is 6.92 Å². The molecule has 0 spiro atoms. The highest BCUT2D eigenvalue weighted by Gasteiger charge is 2.62. The lowest BCUT2D eigenvalue weighted by Crippen LogP contribution is -2.42. The summed E-state index contributed by atoms with van der Waals surface area (Å²) >= 11 is 11.9. The Morgan fingerprint density at radius 1 is 1.21 bits per heavy atom. The summed E-state index contributed by atoms with van der Waals surface area (Å²) < 4.78 is 42.6. The first-order chi connectivity index (χ1) is 16.0. The van der Waals surface area contributed by atoms with Gasteiger partial charge in [-0.1, -0.05) is 34.4 Å². The number of carbonyl (C=O) groups is 1. The highest BCUT2D eigenvalue weighted by atomic mass is 35.5. The normalized spacial score (nSPS) is 20.1. The Kier molecular flexibility index (Phi) is 6.52. The van der Waals surface area contributed by atoms with E-state index in [4.69, 9.17) is 28.0 Å². The van der Waals surface area contributed by atoms with Crippen molar-refractivity contribution in [2.24, 2.45) is 10.1 Å². The van der Waals surface area contributed by atoms with Crippen LogP contribution in [0.4, 0.5) is 13.2 Å². The standard InChI is InChI=1S/C23H21Cl2F3N4O2/c1-13-7-14(3-4-18(13)21(33)30-12-20-29-5-6-32(20)2)19-11-22(34-31-19,23(26,27)28)15-8-16(24)10-17(25)9-15/h3-4,7-10H,5-6,11-12H2,1-2H3,(H,30,33). The number of rotatable bonds is 5. The fourth-order valence-corrected chi connectivity index (χ4v) is 4.49. The van der Waals surface area contributed by atoms with E-state index in [1.165, 1.54) is 18.2 Å². The summed E-state index contributed by atoms with van der Waals surface area (Å²) in [5, 5.41) is 6.71. The molecule has 1 amide bonds. The first kappa shape index (κ1) is 24.3. The highest BCUT2D eigenvalue weighted by Crippen LogP contribution is 2.49. The molecule has 1 unspecified atom stereocenters. The van der Waals surface area contributed by atoms with Crippen molar-refractivity contribution in [1.29, 1.82) is 0 Å². The number of aliphatic imine (C=N–C) groups is 1. The van der Waals surface area contributed by atoms with E-state index in [0.29, 0.717) is 29.8 Å². The van der Waals surface area contributed by atoms with Gasteiger partial charge >= 0.3 is 6.18 Å². The molecule has 4 rings (SSSR count). The summed E-state index contributed by atoms with van der Waals surface area (Å²) in [7, 11) is 1.90. The SMILES string of the molecule is Cc1cc(C2=NOC(c3cc(Cl)cc(Cl)c3)(C(F)(F)F)C2)ccc1C(=O)NCC1=NCCN1C. The van der Waals surface area contributed by atoms with E-state index in [9.17, 15) is 18.0 Å². The summed E-state index contributed by atoms with van der Waals surface area (Å²) in [6.07, 6.45) is -5.35. The van der Waals surface area contributed by atoms with Gasteiger partial charge in [-0.05, 0) is 48.4 Å². The van der Waals surface area contributed by atoms with Gasteiger partial charge in [-0.25, -0.2) is 0 Å². The minimum absolute atomic E-state index is 0.0594. The number of hydrogen-bond donors (Lipinski definition) is 1. The maximum absolute atomic E-state index is 14.2. The van der Waals surface area contributed by atoms with Crippen molar-refractivity contribution in [3.8, 4) is 0 Å². The van der Waals surface area contributed by atoms with Gasteiger partial charge in [0.25, 0.3) is 11.5 Å². The number of alkyl halides is 3. The Balaban J connectivity index is 1.55. The van der Waals surface area contributed by atoms with E-state index < -0.39 is 18.2 Å². The van der Waals surface area contributed by atoms with Crippen LogP contribution in [0.1, 0.15) is 33.5 Å². The molecule has 0 bridgehead atoms. The zero-order chi connectivity index (χ0) is 24.7. The van der Waals surface area contributed by atoms with Crippen LogP contribution in [0.2, 0.25) is 10.0 Å². The highest BCUT2D eigenvalue weighted by molar-refractivity contribution is 6.34. The Labute approximate surface area is 204 Å². The molecule has 2 heterocycles. The predicted octanol–water partition coefficient (Wildman–Crippen LogP) is 4.96. The summed E-state index contributed by atoms with van der Waals surface area (Å²) in [4.78, 5) is 24.0. The van der Waals surface area contributed by atoms with Crippen LogP contribution in [0.25, 0.3) is 0 Å². The van der Waals surface area contributed by atoms with Crippen LogP contribution < -0.4 is 5.32 Å². The summed E-state index contributed by atoms with van der Waals surface area (Å²) in [5.74, 6) is 0.500. The van der Waals surface area contributed by atoms with Crippen molar-refractivity contribution in [2.45, 2.75) is 25.1 Å². The Morgan fingerprint density at radius 2 is 1.91 bits per heavy atom. The molecule has 2 aliphatic rings. The van der Waals surface area contributed by atoms with E-state index in [1.54, 1.807) is 25.1 Å². The molecule has 0 aliphatic carbocycles. The van der Waals surface area contributed by atoms with E-state index in [-0.39, 0.29) is 27.2 Å². The number of aryl methyl sites for hydroxylation is 1. The van der Waals surface area contributed by atoms with Gasteiger partial charge in [0.05, 0.1) is 18.8 Å². The molecule has 2 aliphatic heterocycles. The van der Waals surface area contributed by atoms with Crippen molar-refractivity contribution in [3.05, 3.63) is 68.7 Å². The molecule has 0 fully saturated rings. The maximum atomic E-state index is 14.2. The molecule has 0 saturated carbocycles. The number of amidine groups is 1. The monoisotopic (exact) mass is 512 g/mol. The van der Waals surface area contributed by atoms with Gasteiger partial charge < -0.3 is 15.1 Å². The van der Waals surface area contributed by atoms with Gasteiger partial charge in [-0.2, -0.15) is 13.2 Å². The second-order valence-electron chi connectivity index (χ2n) is 8.22. The fourth-order valence-electron chi connectivity index (χ4n) is 3.97. The molecule has 34 heavy (non-hydrogen) atoms. The molecule has 1 atom stereocenters. The third-order valence-corrected chi connectivity index (χ3v) is 6.33. The predicted molar refractivity (Wildman–Crippen MR) is 125 cm³/mol. The van der Waals surface area contributed by atoms with Gasteiger partial charge in [-0.3, -0.25) is 9.79 Å². The first-order valence-electron chi connectivity index (χ1n) is 10.4. The van der Waals surface area contributed by atoms with Crippen molar-refractivity contribution >= 4 is 40.7 Å². The van der Waals surface area contributed by atoms with Gasteiger partial charge in [0, 0.05) is 41.2 Å². The average molecular weight is 513 g/mol. The van der Waals surface area contributed by atoms with Crippen molar-refractivity contribution in [3.63, 3.8) is 0 Å². The Hall–Kier alpha value is -2.78. The minimum atomic E-state index is -4.78. The molecular weight excluding hydrogens is 492 g/mol. The molecule has 0 radical (unpaired) electrons. The number of oxime groups is 1. The molecule has 180 valence electrons. The Bertz CT molecular complexity index is 1180. The molecular formula is C23H21Cl2F3N4O2. The summed E-state index contributed by atoms with van der Waals surface area (Å²) in [6, 6.07) is 8.42. The number of amides is 1. The second kappa shape index (κ2) is 9.11. The molecule has 6 nitrogen and oxygen atoms in total. The maximum Gasteiger partial charge on any atom is 0.435 e. The summed E-state index contributed by atoms with van der Waals surface area (Å²) in [5.41, 5.74) is -1.42. The number of likely N-dealkylation sites (N-methyl/N-ethyl adjacent to an activating group) is 1. The van der Waals surface area contributed by atoms with Gasteiger partial charge in [-0.15, -0.1) is 0 Å². The molecule has 2 aromatic rings. The number of nitrogens with one attached hydrogen (secondary N) is 1. The van der Waals surface area contributed by atoms with E-state index in [1.807, 2.05) is 11.9 Å². The number of halogens is 5. The quantitative estimate of drug-likeness (QED) is 0.615. The van der Waals surface area contributed by atoms with Crippen LogP contribution >= 0.6 is 23.2 Å². The Morgan fingerprint density at radius 3 is 2.50 bits per heavy atom. The second-order valence-corrected chi connectivity index (χ2v) is 9.09. The van der Waals surface area contributed by atoms with Crippen LogP contribution in [0.15, 0.2) is 46.5 Å². The number of carbonyl (C=O) groups excluding carboxylic acids is 1. The number of nitrogens with zero attached hydrogens (tertiary/aromatic N) is 3. The topological polar surface area (TPSA) is 66.3 Å².